The third kappa shape index (κ3) is 3.70. The van der Waals surface area contributed by atoms with Crippen LogP contribution in [-0.4, -0.2) is 27.9 Å². The highest BCUT2D eigenvalue weighted by Crippen LogP contribution is 2.28. The Balaban J connectivity index is 1.61. The quantitative estimate of drug-likeness (QED) is 0.887. The molecule has 2 aromatic rings. The molecule has 21 heavy (non-hydrogen) atoms. The molecule has 1 saturated carbocycles. The van der Waals surface area contributed by atoms with E-state index in [4.69, 9.17) is 5.10 Å². The van der Waals surface area contributed by atoms with Gasteiger partial charge in [0.2, 0.25) is 0 Å². The molecule has 1 atom stereocenters. The highest BCUT2D eigenvalue weighted by molar-refractivity contribution is 5.13. The first-order valence-corrected chi connectivity index (χ1v) is 7.95. The molecule has 0 aliphatic heterocycles. The van der Waals surface area contributed by atoms with Crippen LogP contribution < -0.4 is 5.32 Å². The van der Waals surface area contributed by atoms with Gasteiger partial charge in [-0.25, -0.2) is 0 Å². The minimum Gasteiger partial charge on any atom is -0.316 e. The van der Waals surface area contributed by atoms with Crippen LogP contribution >= 0.6 is 0 Å². The molecule has 3 rings (SSSR count). The Morgan fingerprint density at radius 2 is 1.95 bits per heavy atom. The van der Waals surface area contributed by atoms with Gasteiger partial charge in [0.1, 0.15) is 0 Å². The third-order valence-electron chi connectivity index (χ3n) is 4.46. The lowest BCUT2D eigenvalue weighted by molar-refractivity contribution is 0.457. The van der Waals surface area contributed by atoms with Crippen LogP contribution in [0.2, 0.25) is 0 Å². The zero-order chi connectivity index (χ0) is 14.5. The molecule has 2 heterocycles. The van der Waals surface area contributed by atoms with Crippen LogP contribution in [0.5, 0.6) is 0 Å². The van der Waals surface area contributed by atoms with E-state index in [0.29, 0.717) is 12.1 Å². The number of aromatic nitrogens is 3. The summed E-state index contributed by atoms with van der Waals surface area (Å²) in [6.45, 7) is 0. The summed E-state index contributed by atoms with van der Waals surface area (Å²) in [7, 11) is 2.03. The number of rotatable bonds is 6. The standard InChI is InChI=1S/C17H24N4/c1-18-16(12-14-6-9-19-10-7-14)13-15-8-11-21(20-15)17-4-2-3-5-17/h6-11,16-18H,2-5,12-13H2,1H3. The summed E-state index contributed by atoms with van der Waals surface area (Å²) < 4.78 is 2.18. The highest BCUT2D eigenvalue weighted by Gasteiger charge is 2.18. The maximum atomic E-state index is 4.79. The Morgan fingerprint density at radius 1 is 1.19 bits per heavy atom. The van der Waals surface area contributed by atoms with E-state index >= 15 is 0 Å². The van der Waals surface area contributed by atoms with Crippen LogP contribution in [0.3, 0.4) is 0 Å². The van der Waals surface area contributed by atoms with Gasteiger partial charge in [-0.1, -0.05) is 12.8 Å². The molecule has 0 bridgehead atoms. The van der Waals surface area contributed by atoms with E-state index in [1.54, 1.807) is 0 Å². The summed E-state index contributed by atoms with van der Waals surface area (Å²) in [6, 6.07) is 7.39. The lowest BCUT2D eigenvalue weighted by Crippen LogP contribution is -2.30. The first-order chi connectivity index (χ1) is 10.3. The van der Waals surface area contributed by atoms with E-state index in [9.17, 15) is 0 Å². The Kier molecular flexibility index (Phi) is 4.65. The zero-order valence-corrected chi connectivity index (χ0v) is 12.7. The fraction of sp³-hybridized carbons (Fsp3) is 0.529. The molecular weight excluding hydrogens is 260 g/mol. The normalized spacial score (nSPS) is 17.2. The molecule has 0 spiro atoms. The summed E-state index contributed by atoms with van der Waals surface area (Å²) in [5.74, 6) is 0. The van der Waals surface area contributed by atoms with E-state index in [1.807, 2.05) is 19.4 Å². The Morgan fingerprint density at radius 3 is 2.67 bits per heavy atom. The van der Waals surface area contributed by atoms with Crippen molar-refractivity contribution < 1.29 is 0 Å². The van der Waals surface area contributed by atoms with E-state index in [2.05, 4.69) is 39.4 Å². The fourth-order valence-corrected chi connectivity index (χ4v) is 3.19. The van der Waals surface area contributed by atoms with Crippen molar-refractivity contribution >= 4 is 0 Å². The molecule has 2 aromatic heterocycles. The SMILES string of the molecule is CNC(Cc1ccncc1)Cc1ccn(C2CCCC2)n1. The lowest BCUT2D eigenvalue weighted by atomic mass is 10.0. The van der Waals surface area contributed by atoms with Crippen LogP contribution in [0.1, 0.15) is 43.0 Å². The zero-order valence-electron chi connectivity index (χ0n) is 12.7. The van der Waals surface area contributed by atoms with Crippen molar-refractivity contribution in [2.45, 2.75) is 50.6 Å². The topological polar surface area (TPSA) is 42.7 Å². The predicted octanol–water partition coefficient (Wildman–Crippen LogP) is 2.77. The van der Waals surface area contributed by atoms with Crippen LogP contribution in [0.25, 0.3) is 0 Å². The van der Waals surface area contributed by atoms with E-state index in [1.165, 1.54) is 36.9 Å². The molecule has 0 aromatic carbocycles. The predicted molar refractivity (Wildman–Crippen MR) is 84.2 cm³/mol. The van der Waals surface area contributed by atoms with Crippen molar-refractivity contribution in [3.8, 4) is 0 Å². The van der Waals surface area contributed by atoms with Gasteiger partial charge in [-0.2, -0.15) is 5.10 Å². The van der Waals surface area contributed by atoms with Crippen LogP contribution in [0, 0.1) is 0 Å². The Bertz CT molecular complexity index is 543. The summed E-state index contributed by atoms with van der Waals surface area (Å²) in [4.78, 5) is 4.07. The molecule has 0 radical (unpaired) electrons. The molecule has 1 aliphatic rings. The molecule has 1 fully saturated rings. The Hall–Kier alpha value is -1.68. The van der Waals surface area contributed by atoms with Crippen molar-refractivity contribution in [1.82, 2.24) is 20.1 Å². The maximum Gasteiger partial charge on any atom is 0.0640 e. The summed E-state index contributed by atoms with van der Waals surface area (Å²) >= 11 is 0. The molecule has 1 aliphatic carbocycles. The molecule has 0 saturated heterocycles. The van der Waals surface area contributed by atoms with Gasteiger partial charge in [-0.15, -0.1) is 0 Å². The van der Waals surface area contributed by atoms with E-state index in [-0.39, 0.29) is 0 Å². The van der Waals surface area contributed by atoms with Crippen LogP contribution in [-0.2, 0) is 12.8 Å². The fourth-order valence-electron chi connectivity index (χ4n) is 3.19. The molecule has 0 amide bonds. The Labute approximate surface area is 126 Å². The van der Waals surface area contributed by atoms with Crippen LogP contribution in [0.4, 0.5) is 0 Å². The van der Waals surface area contributed by atoms with Crippen molar-refractivity contribution in [3.63, 3.8) is 0 Å². The number of pyridine rings is 1. The van der Waals surface area contributed by atoms with Crippen molar-refractivity contribution in [2.24, 2.45) is 0 Å². The second-order valence-corrected chi connectivity index (χ2v) is 5.97. The molecule has 112 valence electrons. The second-order valence-electron chi connectivity index (χ2n) is 5.97. The maximum absolute atomic E-state index is 4.79. The van der Waals surface area contributed by atoms with E-state index < -0.39 is 0 Å². The third-order valence-corrected chi connectivity index (χ3v) is 4.46. The van der Waals surface area contributed by atoms with Gasteiger partial charge in [0, 0.05) is 31.1 Å². The number of hydrogen-bond acceptors (Lipinski definition) is 3. The van der Waals surface area contributed by atoms with Gasteiger partial charge < -0.3 is 5.32 Å². The van der Waals surface area contributed by atoms with Gasteiger partial charge in [0.05, 0.1) is 11.7 Å². The number of hydrogen-bond donors (Lipinski definition) is 1. The minimum atomic E-state index is 0.416. The van der Waals surface area contributed by atoms with Crippen LogP contribution in [0.15, 0.2) is 36.8 Å². The first-order valence-electron chi connectivity index (χ1n) is 7.95. The summed E-state index contributed by atoms with van der Waals surface area (Å²) in [5, 5.41) is 8.19. The number of nitrogens with one attached hydrogen (secondary N) is 1. The van der Waals surface area contributed by atoms with Crippen molar-refractivity contribution in [3.05, 3.63) is 48.0 Å². The average molecular weight is 284 g/mol. The summed E-state index contributed by atoms with van der Waals surface area (Å²) in [6.07, 6.45) is 13.1. The van der Waals surface area contributed by atoms with Gasteiger partial charge in [-0.05, 0) is 50.1 Å². The van der Waals surface area contributed by atoms with Gasteiger partial charge in [0.15, 0.2) is 0 Å². The van der Waals surface area contributed by atoms with Crippen molar-refractivity contribution in [2.75, 3.05) is 7.05 Å². The van der Waals surface area contributed by atoms with E-state index in [0.717, 1.165) is 12.8 Å². The average Bonchev–Trinajstić information content (AvgIpc) is 3.18. The first kappa shape index (κ1) is 14.3. The molecule has 4 nitrogen and oxygen atoms in total. The smallest absolute Gasteiger partial charge is 0.0640 e. The minimum absolute atomic E-state index is 0.416. The highest BCUT2D eigenvalue weighted by atomic mass is 15.3. The van der Waals surface area contributed by atoms with Crippen molar-refractivity contribution in [1.29, 1.82) is 0 Å². The lowest BCUT2D eigenvalue weighted by Gasteiger charge is -2.15. The van der Waals surface area contributed by atoms with Gasteiger partial charge in [-0.3, -0.25) is 9.67 Å². The number of likely N-dealkylation sites (N-methyl/N-ethyl adjacent to an activating group) is 1. The molecule has 1 N–H and O–H groups in total. The molecule has 4 heteroatoms. The van der Waals surface area contributed by atoms with Gasteiger partial charge in [0.25, 0.3) is 0 Å². The monoisotopic (exact) mass is 284 g/mol. The largest absolute Gasteiger partial charge is 0.316 e. The molecular formula is C17H24N4. The summed E-state index contributed by atoms with van der Waals surface area (Å²) in [5.41, 5.74) is 2.51. The number of nitrogens with zero attached hydrogens (tertiary/aromatic N) is 3. The molecule has 1 unspecified atom stereocenters. The second kappa shape index (κ2) is 6.85. The van der Waals surface area contributed by atoms with Gasteiger partial charge >= 0.3 is 0 Å².